The molecule has 1 saturated carbocycles. The van der Waals surface area contributed by atoms with Crippen molar-refractivity contribution in [2.45, 2.75) is 65.1 Å². The second-order valence-corrected chi connectivity index (χ2v) is 6.81. The van der Waals surface area contributed by atoms with Gasteiger partial charge in [-0.05, 0) is 32.2 Å². The summed E-state index contributed by atoms with van der Waals surface area (Å²) in [6.45, 7) is 7.35. The van der Waals surface area contributed by atoms with Crippen LogP contribution in [0, 0.1) is 0 Å². The number of hydrogen-bond acceptors (Lipinski definition) is 4. The van der Waals surface area contributed by atoms with E-state index in [9.17, 15) is 9.59 Å². The molecule has 0 atom stereocenters. The molecule has 146 valence electrons. The molecule has 0 bridgehead atoms. The highest BCUT2D eigenvalue weighted by molar-refractivity contribution is 5.74. The van der Waals surface area contributed by atoms with Crippen LogP contribution in [-0.2, 0) is 31.2 Å². The van der Waals surface area contributed by atoms with Gasteiger partial charge < -0.3 is 15.7 Å². The molecular weight excluding hydrogens is 334 g/mol. The lowest BCUT2D eigenvalue weighted by molar-refractivity contribution is -0.139. The Morgan fingerprint density at radius 2 is 1.96 bits per heavy atom. The highest BCUT2D eigenvalue weighted by Crippen LogP contribution is 2.25. The van der Waals surface area contributed by atoms with E-state index in [2.05, 4.69) is 29.6 Å². The Labute approximate surface area is 154 Å². The summed E-state index contributed by atoms with van der Waals surface area (Å²) < 4.78 is 1.89. The molecular formula is C18H31N5O3. The summed E-state index contributed by atoms with van der Waals surface area (Å²) >= 11 is 0. The van der Waals surface area contributed by atoms with Crippen molar-refractivity contribution in [3.05, 3.63) is 17.0 Å². The average molecular weight is 365 g/mol. The number of aliphatic carboxylic acids is 1. The first-order valence-electron chi connectivity index (χ1n) is 9.43. The summed E-state index contributed by atoms with van der Waals surface area (Å²) in [5.41, 5.74) is 3.29. The number of hydrogen-bond donors (Lipinski definition) is 3. The van der Waals surface area contributed by atoms with Crippen LogP contribution in [0.1, 0.15) is 50.6 Å². The lowest BCUT2D eigenvalue weighted by Gasteiger charge is -2.42. The number of aryl methyl sites for hydroxylation is 2. The number of carbonyl (C=O) groups excluding carboxylic acids is 1. The molecule has 3 N–H and O–H groups in total. The molecule has 1 aromatic rings. The zero-order chi connectivity index (χ0) is 19.3. The monoisotopic (exact) mass is 365 g/mol. The molecule has 1 heterocycles. The fraction of sp³-hybridized carbons (Fsp3) is 0.722. The van der Waals surface area contributed by atoms with Crippen LogP contribution in [-0.4, -0.2) is 57.0 Å². The summed E-state index contributed by atoms with van der Waals surface area (Å²) in [6, 6.07) is 0.161. The quantitative estimate of drug-likeness (QED) is 0.612. The van der Waals surface area contributed by atoms with Gasteiger partial charge in [-0.1, -0.05) is 20.8 Å². The summed E-state index contributed by atoms with van der Waals surface area (Å²) in [7, 11) is 1.94. The van der Waals surface area contributed by atoms with Crippen molar-refractivity contribution in [1.82, 2.24) is 25.3 Å². The molecule has 1 aromatic heterocycles. The van der Waals surface area contributed by atoms with Crippen LogP contribution in [0.3, 0.4) is 0 Å². The van der Waals surface area contributed by atoms with Crippen molar-refractivity contribution >= 4 is 12.0 Å². The molecule has 8 heteroatoms. The van der Waals surface area contributed by atoms with Gasteiger partial charge in [-0.2, -0.15) is 5.10 Å². The highest BCUT2D eigenvalue weighted by atomic mass is 16.4. The van der Waals surface area contributed by atoms with E-state index in [-0.39, 0.29) is 24.7 Å². The number of carbonyl (C=O) groups is 2. The van der Waals surface area contributed by atoms with E-state index in [4.69, 9.17) is 5.11 Å². The van der Waals surface area contributed by atoms with Crippen molar-refractivity contribution in [2.24, 2.45) is 7.05 Å². The van der Waals surface area contributed by atoms with E-state index in [1.807, 2.05) is 23.6 Å². The van der Waals surface area contributed by atoms with Gasteiger partial charge in [-0.3, -0.25) is 14.4 Å². The maximum Gasteiger partial charge on any atom is 0.317 e. The molecule has 1 aliphatic carbocycles. The number of urea groups is 1. The molecule has 1 aliphatic rings. The molecule has 1 fully saturated rings. The molecule has 8 nitrogen and oxygen atoms in total. The first-order chi connectivity index (χ1) is 12.4. The number of nitrogens with one attached hydrogen (secondary N) is 2. The molecule has 0 saturated heterocycles. The van der Waals surface area contributed by atoms with Gasteiger partial charge in [-0.15, -0.1) is 0 Å². The SMILES string of the molecule is CCc1nn(C)c(CC)c1CNC(=O)NC1CC(N(CC)CC(=O)O)C1. The number of carboxylic acids is 1. The van der Waals surface area contributed by atoms with Crippen LogP contribution in [0.15, 0.2) is 0 Å². The van der Waals surface area contributed by atoms with Gasteiger partial charge in [0.2, 0.25) is 0 Å². The van der Waals surface area contributed by atoms with Gasteiger partial charge in [0, 0.05) is 36.9 Å². The van der Waals surface area contributed by atoms with Gasteiger partial charge in [-0.25, -0.2) is 4.79 Å². The van der Waals surface area contributed by atoms with Gasteiger partial charge >= 0.3 is 12.0 Å². The Balaban J connectivity index is 1.80. The van der Waals surface area contributed by atoms with Crippen molar-refractivity contribution in [3.8, 4) is 0 Å². The first kappa shape index (κ1) is 20.2. The van der Waals surface area contributed by atoms with Crippen LogP contribution in [0.4, 0.5) is 4.79 Å². The van der Waals surface area contributed by atoms with E-state index >= 15 is 0 Å². The van der Waals surface area contributed by atoms with Gasteiger partial charge in [0.1, 0.15) is 0 Å². The summed E-state index contributed by atoms with van der Waals surface area (Å²) in [4.78, 5) is 25.0. The summed E-state index contributed by atoms with van der Waals surface area (Å²) in [5.74, 6) is -0.809. The highest BCUT2D eigenvalue weighted by Gasteiger charge is 2.34. The summed E-state index contributed by atoms with van der Waals surface area (Å²) in [5, 5.41) is 19.4. The van der Waals surface area contributed by atoms with Crippen LogP contribution < -0.4 is 10.6 Å². The Hall–Kier alpha value is -2.09. The van der Waals surface area contributed by atoms with Crippen molar-refractivity contribution in [2.75, 3.05) is 13.1 Å². The molecule has 0 spiro atoms. The Morgan fingerprint density at radius 1 is 1.27 bits per heavy atom. The van der Waals surface area contributed by atoms with Crippen molar-refractivity contribution in [1.29, 1.82) is 0 Å². The molecule has 26 heavy (non-hydrogen) atoms. The number of aromatic nitrogens is 2. The lowest BCUT2D eigenvalue weighted by atomic mass is 9.85. The minimum atomic E-state index is -0.809. The van der Waals surface area contributed by atoms with Gasteiger partial charge in [0.25, 0.3) is 0 Å². The Bertz CT molecular complexity index is 637. The number of nitrogens with zero attached hydrogens (tertiary/aromatic N) is 3. The topological polar surface area (TPSA) is 99.5 Å². The van der Waals surface area contributed by atoms with Gasteiger partial charge in [0.05, 0.1) is 12.2 Å². The smallest absolute Gasteiger partial charge is 0.317 e. The molecule has 2 amide bonds. The number of carboxylic acid groups (broad SMARTS) is 1. The second-order valence-electron chi connectivity index (χ2n) is 6.81. The van der Waals surface area contributed by atoms with Crippen LogP contribution in [0.2, 0.25) is 0 Å². The summed E-state index contributed by atoms with van der Waals surface area (Å²) in [6.07, 6.45) is 3.31. The minimum absolute atomic E-state index is 0.0562. The lowest BCUT2D eigenvalue weighted by Crippen LogP contribution is -2.56. The van der Waals surface area contributed by atoms with E-state index in [1.54, 1.807) is 0 Å². The number of likely N-dealkylation sites (N-methyl/N-ethyl adjacent to an activating group) is 1. The third-order valence-corrected chi connectivity index (χ3v) is 5.16. The maximum absolute atomic E-state index is 12.2. The maximum atomic E-state index is 12.2. The molecule has 2 rings (SSSR count). The van der Waals surface area contributed by atoms with Crippen LogP contribution in [0.25, 0.3) is 0 Å². The van der Waals surface area contributed by atoms with Crippen molar-refractivity contribution in [3.63, 3.8) is 0 Å². The first-order valence-corrected chi connectivity index (χ1v) is 9.43. The largest absolute Gasteiger partial charge is 0.480 e. The zero-order valence-electron chi connectivity index (χ0n) is 16.2. The van der Waals surface area contributed by atoms with E-state index in [1.165, 1.54) is 0 Å². The Morgan fingerprint density at radius 3 is 2.50 bits per heavy atom. The fourth-order valence-corrected chi connectivity index (χ4v) is 3.68. The third-order valence-electron chi connectivity index (χ3n) is 5.16. The molecule has 0 unspecified atom stereocenters. The van der Waals surface area contributed by atoms with Crippen LogP contribution in [0.5, 0.6) is 0 Å². The third kappa shape index (κ3) is 4.75. The molecule has 0 radical (unpaired) electrons. The standard InChI is InChI=1S/C18H31N5O3/c1-5-15-14(16(6-2)22(4)21-15)10-19-18(26)20-12-8-13(9-12)23(7-3)11-17(24)25/h12-13H,5-11H2,1-4H3,(H,24,25)(H2,19,20,26). The second kappa shape index (κ2) is 9.02. The van der Waals surface area contributed by atoms with Gasteiger partial charge in [0.15, 0.2) is 0 Å². The zero-order valence-corrected chi connectivity index (χ0v) is 16.2. The Kier molecular flexibility index (Phi) is 7.02. The molecule has 0 aliphatic heterocycles. The van der Waals surface area contributed by atoms with E-state index < -0.39 is 5.97 Å². The molecule has 0 aromatic carbocycles. The van der Waals surface area contributed by atoms with E-state index in [0.29, 0.717) is 13.1 Å². The minimum Gasteiger partial charge on any atom is -0.480 e. The number of amides is 2. The number of rotatable bonds is 9. The van der Waals surface area contributed by atoms with Crippen molar-refractivity contribution < 1.29 is 14.7 Å². The fourth-order valence-electron chi connectivity index (χ4n) is 3.68. The predicted molar refractivity (Wildman–Crippen MR) is 99.0 cm³/mol. The normalized spacial score (nSPS) is 19.3. The average Bonchev–Trinajstić information content (AvgIpc) is 2.88. The van der Waals surface area contributed by atoms with E-state index in [0.717, 1.165) is 42.6 Å². The van der Waals surface area contributed by atoms with Crippen LogP contribution >= 0.6 is 0 Å². The predicted octanol–water partition coefficient (Wildman–Crippen LogP) is 1.28.